The fourth-order valence-electron chi connectivity index (χ4n) is 2.34. The van der Waals surface area contributed by atoms with Gasteiger partial charge in [0.25, 0.3) is 0 Å². The van der Waals surface area contributed by atoms with Crippen LogP contribution in [0.15, 0.2) is 29.7 Å². The van der Waals surface area contributed by atoms with Crippen molar-refractivity contribution in [3.8, 4) is 0 Å². The average Bonchev–Trinajstić information content (AvgIpc) is 2.66. The van der Waals surface area contributed by atoms with Gasteiger partial charge in [0, 0.05) is 6.54 Å². The van der Waals surface area contributed by atoms with Crippen molar-refractivity contribution in [3.05, 3.63) is 40.9 Å². The minimum absolute atomic E-state index is 0.0188. The lowest BCUT2D eigenvalue weighted by atomic mass is 9.77. The number of carbonyl (C=O) groups is 1. The van der Waals surface area contributed by atoms with E-state index >= 15 is 0 Å². The zero-order chi connectivity index (χ0) is 17.3. The van der Waals surface area contributed by atoms with E-state index in [1.807, 2.05) is 45.9 Å². The Morgan fingerprint density at radius 1 is 1.17 bits per heavy atom. The molecule has 0 aromatic heterocycles. The minimum Gasteiger partial charge on any atom is -0.481 e. The topological polar surface area (TPSA) is 81.8 Å². The van der Waals surface area contributed by atoms with Crippen LogP contribution in [0.3, 0.4) is 0 Å². The van der Waals surface area contributed by atoms with Crippen molar-refractivity contribution in [1.29, 1.82) is 0 Å². The standard InChI is InChI=1S/C17H24BNO4/c1-16(2)17(3,4)23-18(22-16)14(11-19)9-12-5-7-13(8-6-12)10-15(20)21/h5-9H,10-11,19H2,1-4H3,(H,20,21). The molecule has 1 aliphatic rings. The molecule has 1 saturated heterocycles. The van der Waals surface area contributed by atoms with Crippen LogP contribution in [0.1, 0.15) is 38.8 Å². The lowest BCUT2D eigenvalue weighted by Gasteiger charge is -2.32. The van der Waals surface area contributed by atoms with Crippen molar-refractivity contribution in [2.45, 2.75) is 45.3 Å². The van der Waals surface area contributed by atoms with Gasteiger partial charge in [-0.15, -0.1) is 0 Å². The molecule has 1 aromatic carbocycles. The van der Waals surface area contributed by atoms with Crippen LogP contribution >= 0.6 is 0 Å². The first-order valence-corrected chi connectivity index (χ1v) is 7.71. The normalized spacial score (nSPS) is 19.9. The summed E-state index contributed by atoms with van der Waals surface area (Å²) in [5.74, 6) is -0.840. The van der Waals surface area contributed by atoms with Crippen molar-refractivity contribution in [2.75, 3.05) is 6.54 Å². The highest BCUT2D eigenvalue weighted by Crippen LogP contribution is 2.38. The molecule has 5 nitrogen and oxygen atoms in total. The third-order valence-electron chi connectivity index (χ3n) is 4.48. The van der Waals surface area contributed by atoms with Crippen LogP contribution in [-0.2, 0) is 20.5 Å². The molecule has 3 N–H and O–H groups in total. The summed E-state index contributed by atoms with van der Waals surface area (Å²) >= 11 is 0. The second-order valence-electron chi connectivity index (χ2n) is 6.82. The second-order valence-corrected chi connectivity index (χ2v) is 6.82. The van der Waals surface area contributed by atoms with Gasteiger partial charge in [0.2, 0.25) is 0 Å². The minimum atomic E-state index is -0.840. The SMILES string of the molecule is CC1(C)OB(C(=Cc2ccc(CC(=O)O)cc2)CN)OC1(C)C. The second kappa shape index (κ2) is 6.47. The summed E-state index contributed by atoms with van der Waals surface area (Å²) in [7, 11) is -0.469. The van der Waals surface area contributed by atoms with Gasteiger partial charge in [0.05, 0.1) is 17.6 Å². The quantitative estimate of drug-likeness (QED) is 0.814. The van der Waals surface area contributed by atoms with Crippen LogP contribution in [0.2, 0.25) is 0 Å². The molecule has 1 heterocycles. The average molecular weight is 317 g/mol. The highest BCUT2D eigenvalue weighted by Gasteiger charge is 2.52. The van der Waals surface area contributed by atoms with E-state index in [-0.39, 0.29) is 6.42 Å². The van der Waals surface area contributed by atoms with E-state index in [4.69, 9.17) is 20.1 Å². The smallest absolute Gasteiger partial charge is 0.481 e. The van der Waals surface area contributed by atoms with Crippen molar-refractivity contribution < 1.29 is 19.2 Å². The molecule has 0 saturated carbocycles. The summed E-state index contributed by atoms with van der Waals surface area (Å²) in [5.41, 5.74) is 7.62. The Labute approximate surface area is 137 Å². The number of hydrogen-bond acceptors (Lipinski definition) is 4. The predicted molar refractivity (Wildman–Crippen MR) is 90.9 cm³/mol. The Morgan fingerprint density at radius 2 is 1.70 bits per heavy atom. The van der Waals surface area contributed by atoms with Gasteiger partial charge < -0.3 is 20.1 Å². The third kappa shape index (κ3) is 4.02. The van der Waals surface area contributed by atoms with Crippen LogP contribution in [0, 0.1) is 0 Å². The molecule has 1 aromatic rings. The van der Waals surface area contributed by atoms with Gasteiger partial charge in [-0.05, 0) is 44.3 Å². The third-order valence-corrected chi connectivity index (χ3v) is 4.48. The molecule has 0 atom stereocenters. The summed E-state index contributed by atoms with van der Waals surface area (Å²) in [5, 5.41) is 8.80. The van der Waals surface area contributed by atoms with E-state index in [1.54, 1.807) is 12.1 Å². The molecule has 1 aliphatic heterocycles. The molecule has 0 spiro atoms. The molecule has 1 fully saturated rings. The molecule has 0 amide bonds. The largest absolute Gasteiger partial charge is 0.491 e. The van der Waals surface area contributed by atoms with Crippen molar-refractivity contribution in [1.82, 2.24) is 0 Å². The predicted octanol–water partition coefficient (Wildman–Crippen LogP) is 2.29. The van der Waals surface area contributed by atoms with E-state index in [0.29, 0.717) is 6.54 Å². The lowest BCUT2D eigenvalue weighted by molar-refractivity contribution is -0.136. The molecule has 0 unspecified atom stereocenters. The first-order valence-electron chi connectivity index (χ1n) is 7.71. The van der Waals surface area contributed by atoms with Crippen LogP contribution in [0.25, 0.3) is 6.08 Å². The Hall–Kier alpha value is -1.63. The van der Waals surface area contributed by atoms with Gasteiger partial charge in [0.1, 0.15) is 0 Å². The Bertz CT molecular complexity index is 592. The first-order chi connectivity index (χ1) is 10.6. The van der Waals surface area contributed by atoms with E-state index in [9.17, 15) is 4.79 Å². The number of rotatable bonds is 5. The molecular weight excluding hydrogens is 293 g/mol. The van der Waals surface area contributed by atoms with Gasteiger partial charge in [-0.25, -0.2) is 0 Å². The maximum atomic E-state index is 10.7. The van der Waals surface area contributed by atoms with Crippen LogP contribution < -0.4 is 5.73 Å². The number of aliphatic carboxylic acids is 1. The van der Waals surface area contributed by atoms with Gasteiger partial charge in [-0.2, -0.15) is 0 Å². The van der Waals surface area contributed by atoms with E-state index in [0.717, 1.165) is 16.6 Å². The summed E-state index contributed by atoms with van der Waals surface area (Å²) < 4.78 is 12.0. The fraction of sp³-hybridized carbons (Fsp3) is 0.471. The van der Waals surface area contributed by atoms with Crippen LogP contribution in [-0.4, -0.2) is 35.9 Å². The number of benzene rings is 1. The summed E-state index contributed by atoms with van der Waals surface area (Å²) in [6.45, 7) is 8.33. The molecule has 6 heteroatoms. The van der Waals surface area contributed by atoms with Crippen LogP contribution in [0.5, 0.6) is 0 Å². The Morgan fingerprint density at radius 3 is 2.13 bits per heavy atom. The highest BCUT2D eigenvalue weighted by atomic mass is 16.7. The molecule has 0 bridgehead atoms. The zero-order valence-electron chi connectivity index (χ0n) is 14.1. The Kier molecular flexibility index (Phi) is 4.99. The maximum absolute atomic E-state index is 10.7. The van der Waals surface area contributed by atoms with E-state index < -0.39 is 24.3 Å². The monoisotopic (exact) mass is 317 g/mol. The summed E-state index contributed by atoms with van der Waals surface area (Å²) in [4.78, 5) is 10.7. The van der Waals surface area contributed by atoms with Crippen LogP contribution in [0.4, 0.5) is 0 Å². The van der Waals surface area contributed by atoms with Crippen molar-refractivity contribution in [3.63, 3.8) is 0 Å². The molecule has 23 heavy (non-hydrogen) atoms. The summed E-state index contributed by atoms with van der Waals surface area (Å²) in [6, 6.07) is 7.36. The Balaban J connectivity index is 2.18. The fourth-order valence-corrected chi connectivity index (χ4v) is 2.34. The summed E-state index contributed by atoms with van der Waals surface area (Å²) in [6.07, 6.45) is 1.96. The maximum Gasteiger partial charge on any atom is 0.491 e. The molecule has 0 aliphatic carbocycles. The number of carboxylic acid groups (broad SMARTS) is 1. The molecule has 0 radical (unpaired) electrons. The van der Waals surface area contributed by atoms with E-state index in [2.05, 4.69) is 0 Å². The number of hydrogen-bond donors (Lipinski definition) is 2. The van der Waals surface area contributed by atoms with Gasteiger partial charge in [0.15, 0.2) is 0 Å². The van der Waals surface area contributed by atoms with Crippen molar-refractivity contribution >= 4 is 19.2 Å². The highest BCUT2D eigenvalue weighted by molar-refractivity contribution is 6.55. The molecular formula is C17H24BNO4. The molecule has 124 valence electrons. The van der Waals surface area contributed by atoms with Gasteiger partial charge in [-0.3, -0.25) is 4.79 Å². The first kappa shape index (κ1) is 17.7. The van der Waals surface area contributed by atoms with Crippen molar-refractivity contribution in [2.24, 2.45) is 5.73 Å². The number of nitrogens with two attached hydrogens (primary N) is 1. The lowest BCUT2D eigenvalue weighted by Crippen LogP contribution is -2.41. The van der Waals surface area contributed by atoms with Gasteiger partial charge >= 0.3 is 13.1 Å². The molecule has 2 rings (SSSR count). The van der Waals surface area contributed by atoms with Gasteiger partial charge in [-0.1, -0.05) is 30.3 Å². The van der Waals surface area contributed by atoms with E-state index in [1.165, 1.54) is 0 Å². The number of carboxylic acids is 1. The zero-order valence-corrected chi connectivity index (χ0v) is 14.1.